The number of halogens is 3. The lowest BCUT2D eigenvalue weighted by molar-refractivity contribution is 0.102. The summed E-state index contributed by atoms with van der Waals surface area (Å²) in [5.41, 5.74) is 1.82. The van der Waals surface area contributed by atoms with Crippen molar-refractivity contribution in [3.05, 3.63) is 62.8 Å². The molecule has 0 radical (unpaired) electrons. The van der Waals surface area contributed by atoms with E-state index in [0.29, 0.717) is 5.69 Å². The number of carbonyl (C=O) groups is 1. The van der Waals surface area contributed by atoms with Crippen molar-refractivity contribution in [2.24, 2.45) is 0 Å². The molecule has 0 aliphatic rings. The predicted molar refractivity (Wildman–Crippen MR) is 78.2 cm³/mol. The van der Waals surface area contributed by atoms with Crippen molar-refractivity contribution >= 4 is 39.1 Å². The van der Waals surface area contributed by atoms with Gasteiger partial charge in [-0.25, -0.2) is 4.39 Å². The molecule has 5 heteroatoms. The molecule has 1 amide bonds. The molecular weight excluding hydrogens is 333 g/mol. The summed E-state index contributed by atoms with van der Waals surface area (Å²) in [5, 5.41) is 2.73. The van der Waals surface area contributed by atoms with Crippen LogP contribution >= 0.6 is 27.5 Å². The first kappa shape index (κ1) is 14.0. The molecule has 0 aliphatic heterocycles. The van der Waals surface area contributed by atoms with Gasteiger partial charge in [-0.15, -0.1) is 0 Å². The van der Waals surface area contributed by atoms with E-state index < -0.39 is 5.82 Å². The Morgan fingerprint density at radius 3 is 2.63 bits per heavy atom. The van der Waals surface area contributed by atoms with Crippen LogP contribution in [0.1, 0.15) is 15.9 Å². The van der Waals surface area contributed by atoms with E-state index in [1.807, 2.05) is 19.1 Å². The van der Waals surface area contributed by atoms with Crippen molar-refractivity contribution < 1.29 is 9.18 Å². The summed E-state index contributed by atoms with van der Waals surface area (Å²) >= 11 is 8.92. The summed E-state index contributed by atoms with van der Waals surface area (Å²) in [5.74, 6) is -0.983. The van der Waals surface area contributed by atoms with E-state index in [-0.39, 0.29) is 16.5 Å². The lowest BCUT2D eigenvalue weighted by Crippen LogP contribution is -2.13. The molecule has 0 spiro atoms. The van der Waals surface area contributed by atoms with Crippen LogP contribution in [0, 0.1) is 12.7 Å². The maximum atomic E-state index is 13.3. The highest BCUT2D eigenvalue weighted by Crippen LogP contribution is 2.21. The minimum absolute atomic E-state index is 0.00336. The monoisotopic (exact) mass is 341 g/mol. The summed E-state index contributed by atoms with van der Waals surface area (Å²) in [6, 6.07) is 9.45. The molecule has 0 unspecified atom stereocenters. The van der Waals surface area contributed by atoms with Gasteiger partial charge in [0.2, 0.25) is 0 Å². The highest BCUT2D eigenvalue weighted by atomic mass is 79.9. The number of hydrogen-bond acceptors (Lipinski definition) is 1. The number of anilines is 1. The third-order valence-corrected chi connectivity index (χ3v) is 3.42. The van der Waals surface area contributed by atoms with Gasteiger partial charge in [0, 0.05) is 15.7 Å². The zero-order valence-electron chi connectivity index (χ0n) is 10.0. The largest absolute Gasteiger partial charge is 0.322 e. The van der Waals surface area contributed by atoms with Gasteiger partial charge in [-0.05, 0) is 48.9 Å². The molecule has 98 valence electrons. The van der Waals surface area contributed by atoms with Crippen LogP contribution in [0.4, 0.5) is 10.1 Å². The summed E-state index contributed by atoms with van der Waals surface area (Å²) < 4.78 is 14.2. The van der Waals surface area contributed by atoms with Crippen LogP contribution in [0.3, 0.4) is 0 Å². The first-order chi connectivity index (χ1) is 8.97. The molecule has 19 heavy (non-hydrogen) atoms. The Balaban J connectivity index is 2.23. The van der Waals surface area contributed by atoms with Gasteiger partial charge in [-0.2, -0.15) is 0 Å². The Morgan fingerprint density at radius 1 is 1.26 bits per heavy atom. The third kappa shape index (κ3) is 3.33. The van der Waals surface area contributed by atoms with Gasteiger partial charge in [-0.3, -0.25) is 4.79 Å². The second-order valence-electron chi connectivity index (χ2n) is 4.04. The van der Waals surface area contributed by atoms with Gasteiger partial charge in [0.1, 0.15) is 5.82 Å². The Labute approximate surface area is 123 Å². The fourth-order valence-corrected chi connectivity index (χ4v) is 2.19. The number of carbonyl (C=O) groups excluding carboxylic acids is 1. The first-order valence-corrected chi connectivity index (χ1v) is 6.67. The van der Waals surface area contributed by atoms with Crippen molar-refractivity contribution in [3.63, 3.8) is 0 Å². The standard InChI is InChI=1S/C14H10BrClFNO/c1-8-6-10(15)3-5-13(8)18-14(19)9-2-4-11(16)12(17)7-9/h2-7H,1H3,(H,18,19). The number of benzene rings is 2. The van der Waals surface area contributed by atoms with Crippen molar-refractivity contribution in [3.8, 4) is 0 Å². The van der Waals surface area contributed by atoms with Crippen molar-refractivity contribution in [1.29, 1.82) is 0 Å². The Kier molecular flexibility index (Phi) is 4.22. The fourth-order valence-electron chi connectivity index (χ4n) is 1.60. The van der Waals surface area contributed by atoms with Crippen molar-refractivity contribution in [1.82, 2.24) is 0 Å². The average molecular weight is 343 g/mol. The van der Waals surface area contributed by atoms with Crippen molar-refractivity contribution in [2.75, 3.05) is 5.32 Å². The second-order valence-corrected chi connectivity index (χ2v) is 5.37. The molecule has 0 bridgehead atoms. The molecule has 2 aromatic rings. The molecule has 0 fully saturated rings. The van der Waals surface area contributed by atoms with Crippen LogP contribution < -0.4 is 5.32 Å². The maximum Gasteiger partial charge on any atom is 0.255 e. The topological polar surface area (TPSA) is 29.1 Å². The van der Waals surface area contributed by atoms with Crippen LogP contribution in [0.25, 0.3) is 0 Å². The molecule has 2 nitrogen and oxygen atoms in total. The molecule has 0 saturated heterocycles. The van der Waals surface area contributed by atoms with E-state index in [0.717, 1.165) is 16.1 Å². The minimum Gasteiger partial charge on any atom is -0.322 e. The molecule has 1 N–H and O–H groups in total. The van der Waals surface area contributed by atoms with E-state index in [2.05, 4.69) is 21.2 Å². The molecule has 0 heterocycles. The van der Waals surface area contributed by atoms with Gasteiger partial charge >= 0.3 is 0 Å². The van der Waals surface area contributed by atoms with E-state index in [4.69, 9.17) is 11.6 Å². The Bertz CT molecular complexity index is 645. The quantitative estimate of drug-likeness (QED) is 0.834. The summed E-state index contributed by atoms with van der Waals surface area (Å²) in [6.45, 7) is 1.88. The fraction of sp³-hybridized carbons (Fsp3) is 0.0714. The summed E-state index contributed by atoms with van der Waals surface area (Å²) in [6.07, 6.45) is 0. The number of aryl methyl sites for hydroxylation is 1. The van der Waals surface area contributed by atoms with Gasteiger partial charge in [-0.1, -0.05) is 27.5 Å². The van der Waals surface area contributed by atoms with E-state index >= 15 is 0 Å². The Hall–Kier alpha value is -1.39. The van der Waals surface area contributed by atoms with E-state index in [9.17, 15) is 9.18 Å². The molecule has 0 aliphatic carbocycles. The highest BCUT2D eigenvalue weighted by molar-refractivity contribution is 9.10. The number of hydrogen-bond donors (Lipinski definition) is 1. The molecule has 0 atom stereocenters. The van der Waals surface area contributed by atoms with Crippen molar-refractivity contribution in [2.45, 2.75) is 6.92 Å². The molecule has 0 saturated carbocycles. The van der Waals surface area contributed by atoms with E-state index in [1.165, 1.54) is 12.1 Å². The highest BCUT2D eigenvalue weighted by Gasteiger charge is 2.10. The first-order valence-electron chi connectivity index (χ1n) is 5.50. The van der Waals surface area contributed by atoms with Crippen LogP contribution in [0.15, 0.2) is 40.9 Å². The van der Waals surface area contributed by atoms with Crippen LogP contribution in [-0.2, 0) is 0 Å². The molecule has 2 aromatic carbocycles. The van der Waals surface area contributed by atoms with E-state index in [1.54, 1.807) is 6.07 Å². The summed E-state index contributed by atoms with van der Waals surface area (Å²) in [4.78, 5) is 12.0. The number of nitrogens with one attached hydrogen (secondary N) is 1. The van der Waals surface area contributed by atoms with Gasteiger partial charge in [0.25, 0.3) is 5.91 Å². The van der Waals surface area contributed by atoms with Gasteiger partial charge in [0.05, 0.1) is 5.02 Å². The SMILES string of the molecule is Cc1cc(Br)ccc1NC(=O)c1ccc(Cl)c(F)c1. The lowest BCUT2D eigenvalue weighted by Gasteiger charge is -2.09. The molecule has 0 aromatic heterocycles. The van der Waals surface area contributed by atoms with Gasteiger partial charge < -0.3 is 5.32 Å². The second kappa shape index (κ2) is 5.72. The van der Waals surface area contributed by atoms with Crippen LogP contribution in [0.5, 0.6) is 0 Å². The number of rotatable bonds is 2. The maximum absolute atomic E-state index is 13.3. The zero-order valence-corrected chi connectivity index (χ0v) is 12.3. The average Bonchev–Trinajstić information content (AvgIpc) is 2.36. The molecule has 2 rings (SSSR count). The number of amides is 1. The molecular formula is C14H10BrClFNO. The van der Waals surface area contributed by atoms with Crippen LogP contribution in [0.2, 0.25) is 5.02 Å². The van der Waals surface area contributed by atoms with Crippen LogP contribution in [-0.4, -0.2) is 5.91 Å². The summed E-state index contributed by atoms with van der Waals surface area (Å²) in [7, 11) is 0. The predicted octanol–water partition coefficient (Wildman–Crippen LogP) is 4.80. The minimum atomic E-state index is -0.609. The lowest BCUT2D eigenvalue weighted by atomic mass is 10.1. The van der Waals surface area contributed by atoms with Gasteiger partial charge in [0.15, 0.2) is 0 Å². The Morgan fingerprint density at radius 2 is 2.00 bits per heavy atom. The normalized spacial score (nSPS) is 10.3. The third-order valence-electron chi connectivity index (χ3n) is 2.62. The zero-order chi connectivity index (χ0) is 14.0. The smallest absolute Gasteiger partial charge is 0.255 e.